The third-order valence-electron chi connectivity index (χ3n) is 5.00. The fraction of sp³-hybridized carbons (Fsp3) is 0.308. The monoisotopic (exact) mass is 537 g/mol. The van der Waals surface area contributed by atoms with Crippen LogP contribution in [0.1, 0.15) is 49.4 Å². The summed E-state index contributed by atoms with van der Waals surface area (Å²) in [6.45, 7) is 5.96. The average molecular weight is 539 g/mol. The predicted molar refractivity (Wildman–Crippen MR) is 139 cm³/mol. The summed E-state index contributed by atoms with van der Waals surface area (Å²) in [4.78, 5) is 0. The lowest BCUT2D eigenvalue weighted by atomic mass is 10.0. The Labute approximate surface area is 211 Å². The summed E-state index contributed by atoms with van der Waals surface area (Å²) in [5, 5.41) is 4.42. The highest BCUT2D eigenvalue weighted by Gasteiger charge is 2.15. The van der Waals surface area contributed by atoms with E-state index in [4.69, 9.17) is 21.1 Å². The molecule has 0 bridgehead atoms. The number of rotatable bonds is 11. The molecule has 0 heterocycles. The molecule has 1 atom stereocenters. The summed E-state index contributed by atoms with van der Waals surface area (Å²) in [7, 11) is 0. The van der Waals surface area contributed by atoms with E-state index in [9.17, 15) is 0 Å². The molecule has 0 aromatic heterocycles. The highest BCUT2D eigenvalue weighted by atomic mass is 79.9. The van der Waals surface area contributed by atoms with Gasteiger partial charge in [-0.3, -0.25) is 0 Å². The third kappa shape index (κ3) is 7.70. The van der Waals surface area contributed by atoms with E-state index in [1.54, 1.807) is 0 Å². The van der Waals surface area contributed by atoms with Crippen molar-refractivity contribution in [1.82, 2.24) is 5.32 Å². The molecule has 3 rings (SSSR count). The summed E-state index contributed by atoms with van der Waals surface area (Å²) >= 11 is 9.66. The van der Waals surface area contributed by atoms with Gasteiger partial charge in [0.2, 0.25) is 0 Å². The van der Waals surface area contributed by atoms with Gasteiger partial charge in [0, 0.05) is 17.6 Å². The smallest absolute Gasteiger partial charge is 0.175 e. The van der Waals surface area contributed by atoms with Crippen LogP contribution in [-0.4, -0.2) is 6.61 Å². The van der Waals surface area contributed by atoms with Gasteiger partial charge < -0.3 is 14.8 Å². The fourth-order valence-corrected chi connectivity index (χ4v) is 4.19. The van der Waals surface area contributed by atoms with E-state index >= 15 is 0 Å². The predicted octanol–water partition coefficient (Wildman–Crippen LogP) is 8.13. The molecule has 0 radical (unpaired) electrons. The minimum Gasteiger partial charge on any atom is -0.490 e. The summed E-state index contributed by atoms with van der Waals surface area (Å²) in [5.41, 5.74) is 3.51. The first-order chi connectivity index (χ1) is 15.1. The molecule has 3 nitrogen and oxygen atoms in total. The second kappa shape index (κ2) is 13.7. The number of hydrogen-bond donors (Lipinski definition) is 1. The minimum atomic E-state index is 0. The Balaban J connectivity index is 0.00000363. The molecule has 1 N–H and O–H groups in total. The Bertz CT molecular complexity index is 952. The SMILES string of the molecule is CCCC(NCc1cc(Br)c(OCc2ccc(Cl)cc2)c(OCC)c1)c1ccccc1.Cl. The van der Waals surface area contributed by atoms with Crippen LogP contribution in [-0.2, 0) is 13.2 Å². The molecule has 1 unspecified atom stereocenters. The van der Waals surface area contributed by atoms with Gasteiger partial charge in [-0.1, -0.05) is 67.4 Å². The first-order valence-corrected chi connectivity index (χ1v) is 11.9. The quantitative estimate of drug-likeness (QED) is 0.267. The molecule has 3 aromatic rings. The Kier molecular flexibility index (Phi) is 11.4. The summed E-state index contributed by atoms with van der Waals surface area (Å²) < 4.78 is 12.9. The van der Waals surface area contributed by atoms with E-state index in [2.05, 4.69) is 70.6 Å². The van der Waals surface area contributed by atoms with Crippen molar-refractivity contribution in [2.45, 2.75) is 45.9 Å². The molecule has 172 valence electrons. The van der Waals surface area contributed by atoms with E-state index < -0.39 is 0 Å². The second-order valence-electron chi connectivity index (χ2n) is 7.39. The van der Waals surface area contributed by atoms with Crippen LogP contribution in [0.15, 0.2) is 71.2 Å². The Morgan fingerprint density at radius 2 is 1.66 bits per heavy atom. The summed E-state index contributed by atoms with van der Waals surface area (Å²) in [6, 6.07) is 22.8. The van der Waals surface area contributed by atoms with Crippen LogP contribution in [0.4, 0.5) is 0 Å². The maximum absolute atomic E-state index is 6.10. The van der Waals surface area contributed by atoms with E-state index in [-0.39, 0.29) is 12.4 Å². The Morgan fingerprint density at radius 1 is 0.938 bits per heavy atom. The van der Waals surface area contributed by atoms with Crippen molar-refractivity contribution in [3.05, 3.63) is 92.9 Å². The number of benzene rings is 3. The largest absolute Gasteiger partial charge is 0.490 e. The lowest BCUT2D eigenvalue weighted by Gasteiger charge is -2.20. The second-order valence-corrected chi connectivity index (χ2v) is 8.68. The topological polar surface area (TPSA) is 30.5 Å². The van der Waals surface area contributed by atoms with Crippen molar-refractivity contribution in [3.8, 4) is 11.5 Å². The van der Waals surface area contributed by atoms with Gasteiger partial charge in [0.25, 0.3) is 0 Å². The lowest BCUT2D eigenvalue weighted by molar-refractivity contribution is 0.267. The number of halogens is 3. The first-order valence-electron chi connectivity index (χ1n) is 10.7. The Hall–Kier alpha value is -1.72. The molecule has 0 saturated carbocycles. The van der Waals surface area contributed by atoms with Crippen molar-refractivity contribution in [3.63, 3.8) is 0 Å². The van der Waals surface area contributed by atoms with Crippen LogP contribution in [0.3, 0.4) is 0 Å². The van der Waals surface area contributed by atoms with Crippen LogP contribution in [0, 0.1) is 0 Å². The molecule has 0 saturated heterocycles. The highest BCUT2D eigenvalue weighted by Crippen LogP contribution is 2.37. The normalized spacial score (nSPS) is 11.5. The summed E-state index contributed by atoms with van der Waals surface area (Å²) in [6.07, 6.45) is 2.21. The van der Waals surface area contributed by atoms with Crippen LogP contribution in [0.5, 0.6) is 11.5 Å². The zero-order chi connectivity index (χ0) is 22.1. The molecule has 0 aliphatic rings. The van der Waals surface area contributed by atoms with Crippen molar-refractivity contribution >= 4 is 39.9 Å². The molecule has 0 amide bonds. The molecular formula is C26H30BrCl2NO2. The highest BCUT2D eigenvalue weighted by molar-refractivity contribution is 9.10. The van der Waals surface area contributed by atoms with E-state index in [0.29, 0.717) is 30.0 Å². The molecular weight excluding hydrogens is 509 g/mol. The van der Waals surface area contributed by atoms with Crippen molar-refractivity contribution in [1.29, 1.82) is 0 Å². The van der Waals surface area contributed by atoms with Gasteiger partial charge in [0.1, 0.15) is 6.61 Å². The first kappa shape index (κ1) is 26.5. The van der Waals surface area contributed by atoms with Crippen molar-refractivity contribution < 1.29 is 9.47 Å². The zero-order valence-electron chi connectivity index (χ0n) is 18.4. The van der Waals surface area contributed by atoms with Crippen LogP contribution >= 0.6 is 39.9 Å². The van der Waals surface area contributed by atoms with Gasteiger partial charge in [-0.25, -0.2) is 0 Å². The molecule has 0 aliphatic heterocycles. The van der Waals surface area contributed by atoms with Gasteiger partial charge in [0.05, 0.1) is 11.1 Å². The summed E-state index contributed by atoms with van der Waals surface area (Å²) in [5.74, 6) is 1.46. The van der Waals surface area contributed by atoms with E-state index in [0.717, 1.165) is 40.7 Å². The zero-order valence-corrected chi connectivity index (χ0v) is 21.6. The van der Waals surface area contributed by atoms with Gasteiger partial charge in [0.15, 0.2) is 11.5 Å². The van der Waals surface area contributed by atoms with Crippen LogP contribution in [0.25, 0.3) is 0 Å². The number of ether oxygens (including phenoxy) is 2. The maximum atomic E-state index is 6.10. The fourth-order valence-electron chi connectivity index (χ4n) is 3.46. The number of nitrogens with one attached hydrogen (secondary N) is 1. The van der Waals surface area contributed by atoms with Crippen LogP contribution < -0.4 is 14.8 Å². The van der Waals surface area contributed by atoms with Gasteiger partial charge in [-0.2, -0.15) is 0 Å². The molecule has 32 heavy (non-hydrogen) atoms. The minimum absolute atomic E-state index is 0. The van der Waals surface area contributed by atoms with Crippen molar-refractivity contribution in [2.24, 2.45) is 0 Å². The molecule has 6 heteroatoms. The van der Waals surface area contributed by atoms with Gasteiger partial charge >= 0.3 is 0 Å². The van der Waals surface area contributed by atoms with Crippen molar-refractivity contribution in [2.75, 3.05) is 6.61 Å². The lowest BCUT2D eigenvalue weighted by Crippen LogP contribution is -2.21. The van der Waals surface area contributed by atoms with Gasteiger partial charge in [-0.05, 0) is 70.2 Å². The maximum Gasteiger partial charge on any atom is 0.175 e. The third-order valence-corrected chi connectivity index (χ3v) is 5.84. The average Bonchev–Trinajstić information content (AvgIpc) is 2.78. The molecule has 0 spiro atoms. The van der Waals surface area contributed by atoms with Gasteiger partial charge in [-0.15, -0.1) is 12.4 Å². The molecule has 3 aromatic carbocycles. The number of hydrogen-bond acceptors (Lipinski definition) is 3. The molecule has 0 fully saturated rings. The standard InChI is InChI=1S/C26H29BrClNO2.ClH/c1-3-8-24(21-9-6-5-7-10-21)29-17-20-15-23(27)26(25(16-20)30-4-2)31-18-19-11-13-22(28)14-12-19;/h5-7,9-16,24,29H,3-4,8,17-18H2,1-2H3;1H. The van der Waals surface area contributed by atoms with E-state index in [1.165, 1.54) is 5.56 Å². The van der Waals surface area contributed by atoms with Crippen LogP contribution in [0.2, 0.25) is 5.02 Å². The Morgan fingerprint density at radius 3 is 2.31 bits per heavy atom. The van der Waals surface area contributed by atoms with E-state index in [1.807, 2.05) is 31.2 Å². The molecule has 0 aliphatic carbocycles.